The lowest BCUT2D eigenvalue weighted by Crippen LogP contribution is -2.46. The number of carbonyl (C=O) groups excluding carboxylic acids is 1. The molecule has 0 aromatic heterocycles. The summed E-state index contributed by atoms with van der Waals surface area (Å²) in [6.45, 7) is 1.50. The van der Waals surface area contributed by atoms with E-state index in [4.69, 9.17) is 10.5 Å². The lowest BCUT2D eigenvalue weighted by Gasteiger charge is -2.25. The Hall–Kier alpha value is -0.610. The number of hydrogen-bond donors (Lipinski definition) is 1. The molecule has 16 heavy (non-hydrogen) atoms. The fourth-order valence-corrected chi connectivity index (χ4v) is 1.97. The number of rotatable bonds is 7. The van der Waals surface area contributed by atoms with Crippen LogP contribution in [0.3, 0.4) is 0 Å². The molecule has 2 aliphatic carbocycles. The Bertz CT molecular complexity index is 249. The average Bonchev–Trinajstić information content (AvgIpc) is 3.14. The van der Waals surface area contributed by atoms with Crippen LogP contribution < -0.4 is 5.73 Å². The molecule has 2 fully saturated rings. The van der Waals surface area contributed by atoms with Crippen LogP contribution in [0.1, 0.15) is 32.1 Å². The normalized spacial score (nSPS) is 21.9. The van der Waals surface area contributed by atoms with Crippen molar-refractivity contribution in [2.24, 2.45) is 11.7 Å². The van der Waals surface area contributed by atoms with E-state index in [1.165, 1.54) is 12.8 Å². The van der Waals surface area contributed by atoms with E-state index in [1.54, 1.807) is 7.11 Å². The summed E-state index contributed by atoms with van der Waals surface area (Å²) in [5.74, 6) is 0.880. The number of nitrogens with two attached hydrogens (primary N) is 1. The molecular weight excluding hydrogens is 204 g/mol. The van der Waals surface area contributed by atoms with Gasteiger partial charge in [0.2, 0.25) is 5.91 Å². The van der Waals surface area contributed by atoms with Crippen molar-refractivity contribution >= 4 is 5.91 Å². The van der Waals surface area contributed by atoms with Gasteiger partial charge in [0.05, 0.1) is 6.04 Å². The van der Waals surface area contributed by atoms with Crippen LogP contribution in [0.4, 0.5) is 0 Å². The SMILES string of the molecule is COCCC(N)C(=O)N(CC1CC1)C1CC1. The summed E-state index contributed by atoms with van der Waals surface area (Å²) < 4.78 is 4.96. The maximum atomic E-state index is 12.1. The fraction of sp³-hybridized carbons (Fsp3) is 0.917. The molecule has 0 saturated heterocycles. The largest absolute Gasteiger partial charge is 0.385 e. The Morgan fingerprint density at radius 2 is 2.12 bits per heavy atom. The smallest absolute Gasteiger partial charge is 0.239 e. The van der Waals surface area contributed by atoms with E-state index in [-0.39, 0.29) is 11.9 Å². The third kappa shape index (κ3) is 3.19. The molecule has 2 aliphatic rings. The molecule has 0 spiro atoms. The topological polar surface area (TPSA) is 55.6 Å². The molecule has 1 amide bonds. The highest BCUT2D eigenvalue weighted by Gasteiger charge is 2.37. The maximum absolute atomic E-state index is 12.1. The minimum Gasteiger partial charge on any atom is -0.385 e. The van der Waals surface area contributed by atoms with E-state index in [1.807, 2.05) is 4.90 Å². The van der Waals surface area contributed by atoms with Gasteiger partial charge in [-0.05, 0) is 38.0 Å². The summed E-state index contributed by atoms with van der Waals surface area (Å²) in [6, 6.07) is 0.112. The first kappa shape index (κ1) is 11.9. The zero-order valence-corrected chi connectivity index (χ0v) is 10.0. The van der Waals surface area contributed by atoms with E-state index in [0.717, 1.165) is 25.3 Å². The van der Waals surface area contributed by atoms with Crippen molar-refractivity contribution in [3.8, 4) is 0 Å². The van der Waals surface area contributed by atoms with Crippen LogP contribution in [-0.4, -0.2) is 43.2 Å². The Kier molecular flexibility index (Phi) is 3.82. The van der Waals surface area contributed by atoms with E-state index in [9.17, 15) is 4.79 Å². The van der Waals surface area contributed by atoms with Gasteiger partial charge in [0, 0.05) is 26.3 Å². The van der Waals surface area contributed by atoms with Gasteiger partial charge in [-0.3, -0.25) is 4.79 Å². The van der Waals surface area contributed by atoms with Gasteiger partial charge in [-0.25, -0.2) is 0 Å². The predicted molar refractivity (Wildman–Crippen MR) is 61.9 cm³/mol. The molecule has 0 aromatic carbocycles. The highest BCUT2D eigenvalue weighted by atomic mass is 16.5. The number of nitrogens with zero attached hydrogens (tertiary/aromatic N) is 1. The first-order valence-corrected chi connectivity index (χ1v) is 6.27. The van der Waals surface area contributed by atoms with Crippen LogP contribution in [0, 0.1) is 5.92 Å². The minimum absolute atomic E-state index is 0.131. The van der Waals surface area contributed by atoms with Gasteiger partial charge < -0.3 is 15.4 Å². The Morgan fingerprint density at radius 3 is 2.62 bits per heavy atom. The van der Waals surface area contributed by atoms with Gasteiger partial charge in [-0.15, -0.1) is 0 Å². The summed E-state index contributed by atoms with van der Waals surface area (Å²) in [5, 5.41) is 0. The lowest BCUT2D eigenvalue weighted by atomic mass is 10.2. The standard InChI is InChI=1S/C12H22N2O2/c1-16-7-6-11(13)12(15)14(10-4-5-10)8-9-2-3-9/h9-11H,2-8,13H2,1H3. The molecule has 2 saturated carbocycles. The molecule has 4 heteroatoms. The van der Waals surface area contributed by atoms with Gasteiger partial charge in [0.1, 0.15) is 0 Å². The van der Waals surface area contributed by atoms with Crippen LogP contribution in [0.2, 0.25) is 0 Å². The van der Waals surface area contributed by atoms with Crippen molar-refractivity contribution in [1.82, 2.24) is 4.90 Å². The van der Waals surface area contributed by atoms with Crippen molar-refractivity contribution in [1.29, 1.82) is 0 Å². The highest BCUT2D eigenvalue weighted by molar-refractivity contribution is 5.82. The molecule has 0 bridgehead atoms. The van der Waals surface area contributed by atoms with Gasteiger partial charge in [-0.2, -0.15) is 0 Å². The molecule has 0 heterocycles. The number of ether oxygens (including phenoxy) is 1. The van der Waals surface area contributed by atoms with Gasteiger partial charge >= 0.3 is 0 Å². The summed E-state index contributed by atoms with van der Waals surface area (Å²) in [5.41, 5.74) is 5.89. The summed E-state index contributed by atoms with van der Waals surface area (Å²) in [7, 11) is 1.64. The molecule has 4 nitrogen and oxygen atoms in total. The van der Waals surface area contributed by atoms with Crippen molar-refractivity contribution in [2.45, 2.75) is 44.2 Å². The molecule has 2 rings (SSSR count). The molecule has 2 N–H and O–H groups in total. The van der Waals surface area contributed by atoms with Crippen molar-refractivity contribution in [3.05, 3.63) is 0 Å². The fourth-order valence-electron chi connectivity index (χ4n) is 1.97. The first-order valence-electron chi connectivity index (χ1n) is 6.27. The van der Waals surface area contributed by atoms with Gasteiger partial charge in [-0.1, -0.05) is 0 Å². The number of hydrogen-bond acceptors (Lipinski definition) is 3. The third-order valence-corrected chi connectivity index (χ3v) is 3.37. The Balaban J connectivity index is 1.82. The second kappa shape index (κ2) is 5.15. The third-order valence-electron chi connectivity index (χ3n) is 3.37. The second-order valence-corrected chi connectivity index (χ2v) is 5.05. The summed E-state index contributed by atoms with van der Waals surface area (Å²) in [6.07, 6.45) is 5.52. The van der Waals surface area contributed by atoms with Gasteiger partial charge in [0.15, 0.2) is 0 Å². The zero-order valence-electron chi connectivity index (χ0n) is 10.0. The number of amides is 1. The predicted octanol–water partition coefficient (Wildman–Crippen LogP) is 0.751. The molecule has 92 valence electrons. The zero-order chi connectivity index (χ0) is 11.5. The van der Waals surface area contributed by atoms with E-state index in [0.29, 0.717) is 19.1 Å². The van der Waals surface area contributed by atoms with Crippen LogP contribution in [0.25, 0.3) is 0 Å². The Labute approximate surface area is 97.1 Å². The minimum atomic E-state index is -0.376. The first-order chi connectivity index (χ1) is 7.72. The van der Waals surface area contributed by atoms with Crippen LogP contribution in [0.15, 0.2) is 0 Å². The number of methoxy groups -OCH3 is 1. The van der Waals surface area contributed by atoms with Crippen LogP contribution in [0.5, 0.6) is 0 Å². The van der Waals surface area contributed by atoms with E-state index >= 15 is 0 Å². The van der Waals surface area contributed by atoms with Crippen molar-refractivity contribution in [3.63, 3.8) is 0 Å². The number of carbonyl (C=O) groups is 1. The molecule has 0 aromatic rings. The molecule has 1 unspecified atom stereocenters. The second-order valence-electron chi connectivity index (χ2n) is 5.05. The molecule has 0 aliphatic heterocycles. The summed E-state index contributed by atoms with van der Waals surface area (Å²) >= 11 is 0. The highest BCUT2D eigenvalue weighted by Crippen LogP contribution is 2.35. The molecule has 1 atom stereocenters. The maximum Gasteiger partial charge on any atom is 0.239 e. The average molecular weight is 226 g/mol. The lowest BCUT2D eigenvalue weighted by molar-refractivity contribution is -0.133. The molecule has 0 radical (unpaired) electrons. The Morgan fingerprint density at radius 1 is 1.44 bits per heavy atom. The van der Waals surface area contributed by atoms with Crippen molar-refractivity contribution in [2.75, 3.05) is 20.3 Å². The van der Waals surface area contributed by atoms with E-state index < -0.39 is 0 Å². The van der Waals surface area contributed by atoms with Crippen LogP contribution in [-0.2, 0) is 9.53 Å². The summed E-state index contributed by atoms with van der Waals surface area (Å²) in [4.78, 5) is 14.2. The quantitative estimate of drug-likeness (QED) is 0.697. The monoisotopic (exact) mass is 226 g/mol. The molecular formula is C12H22N2O2. The van der Waals surface area contributed by atoms with Crippen molar-refractivity contribution < 1.29 is 9.53 Å². The van der Waals surface area contributed by atoms with E-state index in [2.05, 4.69) is 0 Å². The van der Waals surface area contributed by atoms with Crippen LogP contribution >= 0.6 is 0 Å². The van der Waals surface area contributed by atoms with Gasteiger partial charge in [0.25, 0.3) is 0 Å².